The number of aryl methyl sites for hydroxylation is 1. The van der Waals surface area contributed by atoms with Gasteiger partial charge in [-0.3, -0.25) is 0 Å². The van der Waals surface area contributed by atoms with Crippen LogP contribution in [0.25, 0.3) is 0 Å². The quantitative estimate of drug-likeness (QED) is 0.871. The van der Waals surface area contributed by atoms with Crippen molar-refractivity contribution in [2.75, 3.05) is 11.9 Å². The van der Waals surface area contributed by atoms with Gasteiger partial charge in [-0.2, -0.15) is 0 Å². The second-order valence-electron chi connectivity index (χ2n) is 4.39. The number of anilines is 1. The summed E-state index contributed by atoms with van der Waals surface area (Å²) in [6.07, 6.45) is 0. The molecule has 3 heteroatoms. The van der Waals surface area contributed by atoms with E-state index in [9.17, 15) is 4.39 Å². The minimum Gasteiger partial charge on any atom is -0.494 e. The Morgan fingerprint density at radius 2 is 1.84 bits per heavy atom. The van der Waals surface area contributed by atoms with Crippen LogP contribution >= 0.6 is 0 Å². The van der Waals surface area contributed by atoms with E-state index < -0.39 is 0 Å². The first kappa shape index (κ1) is 13.4. The van der Waals surface area contributed by atoms with Crippen molar-refractivity contribution in [3.63, 3.8) is 0 Å². The van der Waals surface area contributed by atoms with Gasteiger partial charge in [0.1, 0.15) is 11.6 Å². The van der Waals surface area contributed by atoms with E-state index >= 15 is 0 Å². The summed E-state index contributed by atoms with van der Waals surface area (Å²) in [4.78, 5) is 0. The summed E-state index contributed by atoms with van der Waals surface area (Å²) in [5.41, 5.74) is 3.02. The summed E-state index contributed by atoms with van der Waals surface area (Å²) in [6, 6.07) is 12.7. The van der Waals surface area contributed by atoms with Crippen LogP contribution in [-0.2, 0) is 6.54 Å². The minimum atomic E-state index is -0.205. The third-order valence-corrected chi connectivity index (χ3v) is 2.91. The number of hydrogen-bond acceptors (Lipinski definition) is 2. The monoisotopic (exact) mass is 259 g/mol. The Labute approximate surface area is 113 Å². The number of rotatable bonds is 5. The normalized spacial score (nSPS) is 10.3. The van der Waals surface area contributed by atoms with Crippen LogP contribution in [0.3, 0.4) is 0 Å². The first-order valence-corrected chi connectivity index (χ1v) is 6.41. The number of nitrogens with one attached hydrogen (secondary N) is 1. The summed E-state index contributed by atoms with van der Waals surface area (Å²) in [6.45, 7) is 5.24. The molecule has 0 saturated heterocycles. The van der Waals surface area contributed by atoms with Crippen molar-refractivity contribution in [3.8, 4) is 5.75 Å². The molecular formula is C16H18FNO. The lowest BCUT2D eigenvalue weighted by Crippen LogP contribution is -2.01. The van der Waals surface area contributed by atoms with Crippen molar-refractivity contribution >= 4 is 5.69 Å². The van der Waals surface area contributed by atoms with Crippen molar-refractivity contribution in [1.82, 2.24) is 0 Å². The van der Waals surface area contributed by atoms with E-state index in [1.807, 2.05) is 38.1 Å². The lowest BCUT2D eigenvalue weighted by atomic mass is 10.1. The number of halogens is 1. The third-order valence-electron chi connectivity index (χ3n) is 2.91. The third kappa shape index (κ3) is 3.71. The van der Waals surface area contributed by atoms with E-state index in [4.69, 9.17) is 4.74 Å². The summed E-state index contributed by atoms with van der Waals surface area (Å²) >= 11 is 0. The van der Waals surface area contributed by atoms with E-state index in [0.29, 0.717) is 13.2 Å². The van der Waals surface area contributed by atoms with Crippen LogP contribution in [0.5, 0.6) is 5.75 Å². The number of ether oxygens (including phenoxy) is 1. The van der Waals surface area contributed by atoms with Gasteiger partial charge in [-0.25, -0.2) is 4.39 Å². The molecule has 0 fully saturated rings. The highest BCUT2D eigenvalue weighted by Gasteiger charge is 2.00. The van der Waals surface area contributed by atoms with E-state index in [0.717, 1.165) is 22.6 Å². The molecular weight excluding hydrogens is 241 g/mol. The van der Waals surface area contributed by atoms with Crippen molar-refractivity contribution in [1.29, 1.82) is 0 Å². The molecule has 0 saturated carbocycles. The van der Waals surface area contributed by atoms with Gasteiger partial charge in [0.15, 0.2) is 0 Å². The summed E-state index contributed by atoms with van der Waals surface area (Å²) in [5, 5.41) is 3.30. The predicted octanol–water partition coefficient (Wildman–Crippen LogP) is 4.14. The highest BCUT2D eigenvalue weighted by atomic mass is 19.1. The molecule has 2 aromatic carbocycles. The lowest BCUT2D eigenvalue weighted by Gasteiger charge is -2.10. The molecule has 0 bridgehead atoms. The Bertz CT molecular complexity index is 537. The fourth-order valence-electron chi connectivity index (χ4n) is 1.89. The van der Waals surface area contributed by atoms with Crippen LogP contribution in [0.15, 0.2) is 42.5 Å². The predicted molar refractivity (Wildman–Crippen MR) is 76.1 cm³/mol. The molecule has 2 aromatic rings. The molecule has 0 amide bonds. The minimum absolute atomic E-state index is 0.205. The molecule has 0 atom stereocenters. The van der Waals surface area contributed by atoms with Gasteiger partial charge in [-0.1, -0.05) is 12.1 Å². The second-order valence-corrected chi connectivity index (χ2v) is 4.39. The summed E-state index contributed by atoms with van der Waals surface area (Å²) < 4.78 is 18.4. The van der Waals surface area contributed by atoms with Crippen molar-refractivity contribution in [2.24, 2.45) is 0 Å². The van der Waals surface area contributed by atoms with E-state index in [1.54, 1.807) is 6.07 Å². The zero-order valence-electron chi connectivity index (χ0n) is 11.2. The summed E-state index contributed by atoms with van der Waals surface area (Å²) in [5.74, 6) is 0.674. The molecule has 1 N–H and O–H groups in total. The van der Waals surface area contributed by atoms with Gasteiger partial charge in [-0.05, 0) is 55.3 Å². The van der Waals surface area contributed by atoms with Gasteiger partial charge in [0.2, 0.25) is 0 Å². The van der Waals surface area contributed by atoms with Crippen LogP contribution in [0.2, 0.25) is 0 Å². The van der Waals surface area contributed by atoms with Gasteiger partial charge in [-0.15, -0.1) is 0 Å². The fourth-order valence-corrected chi connectivity index (χ4v) is 1.89. The fraction of sp³-hybridized carbons (Fsp3) is 0.250. The van der Waals surface area contributed by atoms with E-state index in [-0.39, 0.29) is 5.82 Å². The molecule has 0 heterocycles. The second kappa shape index (κ2) is 6.23. The van der Waals surface area contributed by atoms with Gasteiger partial charge >= 0.3 is 0 Å². The zero-order valence-corrected chi connectivity index (χ0v) is 11.2. The number of benzene rings is 2. The molecule has 0 aliphatic heterocycles. The topological polar surface area (TPSA) is 21.3 Å². The van der Waals surface area contributed by atoms with Crippen LogP contribution in [0.1, 0.15) is 18.1 Å². The Hall–Kier alpha value is -2.03. The van der Waals surface area contributed by atoms with Gasteiger partial charge in [0, 0.05) is 12.2 Å². The molecule has 0 radical (unpaired) electrons. The molecule has 2 nitrogen and oxygen atoms in total. The average Bonchev–Trinajstić information content (AvgIpc) is 2.40. The SMILES string of the molecule is CCOc1ccc(CNc2ccc(F)cc2C)cc1. The zero-order chi connectivity index (χ0) is 13.7. The van der Waals surface area contributed by atoms with Gasteiger partial charge < -0.3 is 10.1 Å². The van der Waals surface area contributed by atoms with Crippen LogP contribution in [0, 0.1) is 12.7 Å². The summed E-state index contributed by atoms with van der Waals surface area (Å²) in [7, 11) is 0. The molecule has 100 valence electrons. The molecule has 19 heavy (non-hydrogen) atoms. The molecule has 0 aliphatic rings. The van der Waals surface area contributed by atoms with Crippen LogP contribution < -0.4 is 10.1 Å². The smallest absolute Gasteiger partial charge is 0.123 e. The lowest BCUT2D eigenvalue weighted by molar-refractivity contribution is 0.340. The Balaban J connectivity index is 1.98. The van der Waals surface area contributed by atoms with Crippen molar-refractivity contribution in [2.45, 2.75) is 20.4 Å². The largest absolute Gasteiger partial charge is 0.494 e. The average molecular weight is 259 g/mol. The maximum absolute atomic E-state index is 13.0. The first-order valence-electron chi connectivity index (χ1n) is 6.41. The van der Waals surface area contributed by atoms with Crippen molar-refractivity contribution in [3.05, 3.63) is 59.4 Å². The van der Waals surface area contributed by atoms with E-state index in [1.165, 1.54) is 12.1 Å². The van der Waals surface area contributed by atoms with Gasteiger partial charge in [0.25, 0.3) is 0 Å². The Morgan fingerprint density at radius 1 is 1.11 bits per heavy atom. The van der Waals surface area contributed by atoms with Crippen LogP contribution in [0.4, 0.5) is 10.1 Å². The maximum atomic E-state index is 13.0. The standard InChI is InChI=1S/C16H18FNO/c1-3-19-15-7-4-13(5-8-15)11-18-16-9-6-14(17)10-12(16)2/h4-10,18H,3,11H2,1-2H3. The Morgan fingerprint density at radius 3 is 2.47 bits per heavy atom. The highest BCUT2D eigenvalue weighted by Crippen LogP contribution is 2.18. The number of hydrogen-bond donors (Lipinski definition) is 1. The van der Waals surface area contributed by atoms with E-state index in [2.05, 4.69) is 5.32 Å². The molecule has 0 aliphatic carbocycles. The molecule has 0 spiro atoms. The highest BCUT2D eigenvalue weighted by molar-refractivity contribution is 5.51. The van der Waals surface area contributed by atoms with Gasteiger partial charge in [0.05, 0.1) is 6.61 Å². The maximum Gasteiger partial charge on any atom is 0.123 e. The van der Waals surface area contributed by atoms with Crippen LogP contribution in [-0.4, -0.2) is 6.61 Å². The molecule has 2 rings (SSSR count). The Kier molecular flexibility index (Phi) is 4.39. The molecule has 0 unspecified atom stereocenters. The first-order chi connectivity index (χ1) is 9.19. The van der Waals surface area contributed by atoms with Crippen molar-refractivity contribution < 1.29 is 9.13 Å². The molecule has 0 aromatic heterocycles.